The second-order valence-electron chi connectivity index (χ2n) is 7.06. The smallest absolute Gasteiger partial charge is 0.308 e. The molecule has 2 N–H and O–H groups in total. The quantitative estimate of drug-likeness (QED) is 0.819. The third kappa shape index (κ3) is 4.22. The standard InChI is InChI=1S/C21H26N2O4/c1-14-12-18(15(2)23(14)17-6-4-3-5-7-17)20(24)22-13-19(21(25)26)16-8-10-27-11-9-16/h3-7,12,16,19H,8-11,13H2,1-2H3,(H,22,24)(H,25,26). The lowest BCUT2D eigenvalue weighted by Gasteiger charge is -2.27. The van der Waals surface area contributed by atoms with Crippen LogP contribution >= 0.6 is 0 Å². The van der Waals surface area contributed by atoms with Crippen molar-refractivity contribution in [3.63, 3.8) is 0 Å². The molecular formula is C21H26N2O4. The highest BCUT2D eigenvalue weighted by Crippen LogP contribution is 2.24. The van der Waals surface area contributed by atoms with Crippen LogP contribution in [-0.2, 0) is 9.53 Å². The van der Waals surface area contributed by atoms with Crippen LogP contribution in [0.4, 0.5) is 0 Å². The highest BCUT2D eigenvalue weighted by atomic mass is 16.5. The van der Waals surface area contributed by atoms with E-state index in [9.17, 15) is 14.7 Å². The number of hydrogen-bond donors (Lipinski definition) is 2. The average Bonchev–Trinajstić information content (AvgIpc) is 2.97. The molecule has 1 saturated heterocycles. The Kier molecular flexibility index (Phi) is 5.96. The number of aromatic nitrogens is 1. The molecule has 0 aliphatic carbocycles. The molecule has 3 rings (SSSR count). The van der Waals surface area contributed by atoms with Crippen molar-refractivity contribution in [1.29, 1.82) is 0 Å². The number of carboxylic acid groups (broad SMARTS) is 1. The lowest BCUT2D eigenvalue weighted by atomic mass is 9.86. The van der Waals surface area contributed by atoms with Gasteiger partial charge in [-0.1, -0.05) is 18.2 Å². The van der Waals surface area contributed by atoms with Crippen LogP contribution < -0.4 is 5.32 Å². The molecule has 1 aromatic carbocycles. The van der Waals surface area contributed by atoms with Gasteiger partial charge in [0.2, 0.25) is 0 Å². The molecule has 2 heterocycles. The summed E-state index contributed by atoms with van der Waals surface area (Å²) in [7, 11) is 0. The molecule has 1 unspecified atom stereocenters. The first-order valence-electron chi connectivity index (χ1n) is 9.32. The lowest BCUT2D eigenvalue weighted by molar-refractivity contribution is -0.144. The van der Waals surface area contributed by atoms with E-state index in [1.165, 1.54) is 0 Å². The van der Waals surface area contributed by atoms with Crippen molar-refractivity contribution in [2.75, 3.05) is 19.8 Å². The molecule has 144 valence electrons. The molecule has 0 spiro atoms. The van der Waals surface area contributed by atoms with Crippen LogP contribution in [0.1, 0.15) is 34.6 Å². The fourth-order valence-corrected chi connectivity index (χ4v) is 3.84. The number of benzene rings is 1. The second-order valence-corrected chi connectivity index (χ2v) is 7.06. The summed E-state index contributed by atoms with van der Waals surface area (Å²) in [5.74, 6) is -1.65. The molecule has 27 heavy (non-hydrogen) atoms. The zero-order valence-corrected chi connectivity index (χ0v) is 15.8. The van der Waals surface area contributed by atoms with Gasteiger partial charge in [-0.25, -0.2) is 0 Å². The van der Waals surface area contributed by atoms with Crippen LogP contribution in [0.2, 0.25) is 0 Å². The van der Waals surface area contributed by atoms with Crippen molar-refractivity contribution in [3.8, 4) is 5.69 Å². The van der Waals surface area contributed by atoms with E-state index in [0.29, 0.717) is 18.8 Å². The van der Waals surface area contributed by atoms with Crippen LogP contribution in [0.5, 0.6) is 0 Å². The highest BCUT2D eigenvalue weighted by molar-refractivity contribution is 5.96. The van der Waals surface area contributed by atoms with E-state index in [1.807, 2.05) is 54.8 Å². The maximum atomic E-state index is 12.7. The number of rotatable bonds is 6. The summed E-state index contributed by atoms with van der Waals surface area (Å²) in [6, 6.07) is 11.7. The van der Waals surface area contributed by atoms with Gasteiger partial charge in [-0.05, 0) is 50.8 Å². The number of hydrogen-bond acceptors (Lipinski definition) is 3. The number of ether oxygens (including phenoxy) is 1. The molecule has 1 aliphatic rings. The molecule has 1 amide bonds. The van der Waals surface area contributed by atoms with E-state index in [0.717, 1.165) is 29.9 Å². The van der Waals surface area contributed by atoms with Crippen molar-refractivity contribution in [1.82, 2.24) is 9.88 Å². The van der Waals surface area contributed by atoms with Crippen molar-refractivity contribution in [2.24, 2.45) is 11.8 Å². The predicted molar refractivity (Wildman–Crippen MR) is 102 cm³/mol. The summed E-state index contributed by atoms with van der Waals surface area (Å²) in [6.07, 6.45) is 1.44. The first-order valence-corrected chi connectivity index (χ1v) is 9.32. The molecule has 2 aromatic rings. The summed E-state index contributed by atoms with van der Waals surface area (Å²) >= 11 is 0. The maximum Gasteiger partial charge on any atom is 0.308 e. The number of carbonyl (C=O) groups excluding carboxylic acids is 1. The van der Waals surface area contributed by atoms with E-state index < -0.39 is 11.9 Å². The van der Waals surface area contributed by atoms with Crippen LogP contribution in [0, 0.1) is 25.7 Å². The largest absolute Gasteiger partial charge is 0.481 e. The van der Waals surface area contributed by atoms with Crippen LogP contribution in [0.15, 0.2) is 36.4 Å². The lowest BCUT2D eigenvalue weighted by Crippen LogP contribution is -2.39. The van der Waals surface area contributed by atoms with E-state index in [2.05, 4.69) is 5.32 Å². The number of amides is 1. The molecule has 1 fully saturated rings. The Balaban J connectivity index is 1.73. The molecule has 6 nitrogen and oxygen atoms in total. The Bertz CT molecular complexity index is 807. The summed E-state index contributed by atoms with van der Waals surface area (Å²) in [6.45, 7) is 5.16. The highest BCUT2D eigenvalue weighted by Gasteiger charge is 2.30. The van der Waals surface area contributed by atoms with Gasteiger partial charge in [0.1, 0.15) is 0 Å². The normalized spacial score (nSPS) is 16.1. The predicted octanol–water partition coefficient (Wildman–Crippen LogP) is 2.95. The number of nitrogens with one attached hydrogen (secondary N) is 1. The maximum absolute atomic E-state index is 12.7. The third-order valence-electron chi connectivity index (χ3n) is 5.32. The first-order chi connectivity index (χ1) is 13.0. The van der Waals surface area contributed by atoms with Gasteiger partial charge in [-0.15, -0.1) is 0 Å². The third-order valence-corrected chi connectivity index (χ3v) is 5.32. The second kappa shape index (κ2) is 8.39. The molecule has 0 saturated carbocycles. The van der Waals surface area contributed by atoms with Gasteiger partial charge in [0.05, 0.1) is 11.5 Å². The fourth-order valence-electron chi connectivity index (χ4n) is 3.84. The van der Waals surface area contributed by atoms with Gasteiger partial charge in [0, 0.05) is 36.8 Å². The molecule has 1 aromatic heterocycles. The SMILES string of the molecule is Cc1cc(C(=O)NCC(C(=O)O)C2CCOCC2)c(C)n1-c1ccccc1. The Hall–Kier alpha value is -2.60. The minimum atomic E-state index is -0.864. The molecule has 1 atom stereocenters. The van der Waals surface area contributed by atoms with Crippen LogP contribution in [0.25, 0.3) is 5.69 Å². The summed E-state index contributed by atoms with van der Waals surface area (Å²) < 4.78 is 7.35. The van der Waals surface area contributed by atoms with Crippen LogP contribution in [0.3, 0.4) is 0 Å². The zero-order valence-electron chi connectivity index (χ0n) is 15.8. The van der Waals surface area contributed by atoms with Crippen LogP contribution in [-0.4, -0.2) is 41.3 Å². The number of aliphatic carboxylic acids is 1. The molecule has 0 bridgehead atoms. The van der Waals surface area contributed by atoms with E-state index in [1.54, 1.807) is 0 Å². The Morgan fingerprint density at radius 3 is 2.52 bits per heavy atom. The summed E-state index contributed by atoms with van der Waals surface area (Å²) in [5, 5.41) is 12.4. The van der Waals surface area contributed by atoms with Gasteiger partial charge in [-0.2, -0.15) is 0 Å². The van der Waals surface area contributed by atoms with Gasteiger partial charge >= 0.3 is 5.97 Å². The van der Waals surface area contributed by atoms with E-state index in [4.69, 9.17) is 4.74 Å². The van der Waals surface area contributed by atoms with Gasteiger partial charge < -0.3 is 19.7 Å². The minimum absolute atomic E-state index is 0.0355. The number of carboxylic acids is 1. The number of aryl methyl sites for hydroxylation is 1. The molecule has 6 heteroatoms. The Labute approximate surface area is 159 Å². The van der Waals surface area contributed by atoms with Crippen molar-refractivity contribution in [2.45, 2.75) is 26.7 Å². The number of para-hydroxylation sites is 1. The van der Waals surface area contributed by atoms with Gasteiger partial charge in [0.15, 0.2) is 0 Å². The monoisotopic (exact) mass is 370 g/mol. The summed E-state index contributed by atoms with van der Waals surface area (Å²) in [5.41, 5.74) is 3.38. The van der Waals surface area contributed by atoms with Gasteiger partial charge in [-0.3, -0.25) is 9.59 Å². The molecule has 1 aliphatic heterocycles. The zero-order chi connectivity index (χ0) is 19.4. The molecule has 0 radical (unpaired) electrons. The average molecular weight is 370 g/mol. The van der Waals surface area contributed by atoms with Gasteiger partial charge in [0.25, 0.3) is 5.91 Å². The first kappa shape index (κ1) is 19.2. The van der Waals surface area contributed by atoms with Crippen molar-refractivity contribution in [3.05, 3.63) is 53.3 Å². The minimum Gasteiger partial charge on any atom is -0.481 e. The Morgan fingerprint density at radius 1 is 1.22 bits per heavy atom. The topological polar surface area (TPSA) is 80.6 Å². The number of carbonyl (C=O) groups is 2. The van der Waals surface area contributed by atoms with Crippen molar-refractivity contribution >= 4 is 11.9 Å². The fraction of sp³-hybridized carbons (Fsp3) is 0.429. The number of nitrogens with zero attached hydrogens (tertiary/aromatic N) is 1. The van der Waals surface area contributed by atoms with Crippen molar-refractivity contribution < 1.29 is 19.4 Å². The Morgan fingerprint density at radius 2 is 1.89 bits per heavy atom. The molecular weight excluding hydrogens is 344 g/mol. The summed E-state index contributed by atoms with van der Waals surface area (Å²) in [4.78, 5) is 24.4. The van der Waals surface area contributed by atoms with E-state index >= 15 is 0 Å². The van der Waals surface area contributed by atoms with E-state index in [-0.39, 0.29) is 18.4 Å².